The fourth-order valence-electron chi connectivity index (χ4n) is 7.12. The molecule has 4 aliphatic carbocycles. The van der Waals surface area contributed by atoms with Crippen LogP contribution in [0.25, 0.3) is 0 Å². The first-order valence-electron chi connectivity index (χ1n) is 10.5. The second-order valence-electron chi connectivity index (χ2n) is 9.92. The second kappa shape index (κ2) is 7.15. The first-order valence-corrected chi connectivity index (χ1v) is 12.1. The maximum Gasteiger partial charge on any atom is 0.472 e. The van der Waals surface area contributed by atoms with Gasteiger partial charge in [0.15, 0.2) is 5.78 Å². The number of carbonyl (C=O) groups excluding carboxylic acids is 2. The van der Waals surface area contributed by atoms with Crippen molar-refractivity contribution in [3.05, 3.63) is 23.8 Å². The molecule has 0 heterocycles. The van der Waals surface area contributed by atoms with Crippen LogP contribution in [-0.2, 0) is 18.7 Å². The van der Waals surface area contributed by atoms with Crippen LogP contribution in [0, 0.1) is 28.6 Å². The molecule has 9 nitrogen and oxygen atoms in total. The standard InChI is InChI=1S/C21H29O9P/c1-19-7-5-12(22)9-11(19)3-4-13-14-6-8-21(26,17(24)18(25)30-31(27,28)29)20(14,2)10-15(23)16(13)19/h5,7,9,13-16,18,23,25-26H,3-4,6,8,10H2,1-2H3,(H2,27,28,29)/t13-,14-,15-,16+,18?,19-,20-,21-/m0/s1. The van der Waals surface area contributed by atoms with Crippen molar-refractivity contribution >= 4 is 19.4 Å². The lowest BCUT2D eigenvalue weighted by Crippen LogP contribution is -2.62. The Morgan fingerprint density at radius 1 is 1.29 bits per heavy atom. The van der Waals surface area contributed by atoms with Gasteiger partial charge in [0, 0.05) is 16.7 Å². The first kappa shape index (κ1) is 23.0. The van der Waals surface area contributed by atoms with E-state index in [1.165, 1.54) is 6.08 Å². The normalized spacial score (nSPS) is 45.4. The maximum atomic E-state index is 12.9. The van der Waals surface area contributed by atoms with Crippen LogP contribution >= 0.6 is 7.82 Å². The van der Waals surface area contributed by atoms with Crippen molar-refractivity contribution < 1.29 is 43.8 Å². The van der Waals surface area contributed by atoms with E-state index >= 15 is 0 Å². The number of hydrogen-bond acceptors (Lipinski definition) is 7. The Morgan fingerprint density at radius 3 is 2.61 bits per heavy atom. The van der Waals surface area contributed by atoms with Gasteiger partial charge in [-0.2, -0.15) is 0 Å². The fourth-order valence-corrected chi connectivity index (χ4v) is 7.47. The number of phosphoric ester groups is 1. The monoisotopic (exact) mass is 456 g/mol. The predicted molar refractivity (Wildman–Crippen MR) is 107 cm³/mol. The fraction of sp³-hybridized carbons (Fsp3) is 0.714. The van der Waals surface area contributed by atoms with E-state index < -0.39 is 42.4 Å². The maximum absolute atomic E-state index is 12.9. The van der Waals surface area contributed by atoms with Crippen LogP contribution in [0.3, 0.4) is 0 Å². The van der Waals surface area contributed by atoms with Crippen LogP contribution in [0.4, 0.5) is 0 Å². The van der Waals surface area contributed by atoms with E-state index in [-0.39, 0.29) is 36.4 Å². The summed E-state index contributed by atoms with van der Waals surface area (Å²) in [6.45, 7) is 3.70. The predicted octanol–water partition coefficient (Wildman–Crippen LogP) is 0.993. The van der Waals surface area contributed by atoms with Crippen LogP contribution in [0.15, 0.2) is 23.8 Å². The van der Waals surface area contributed by atoms with Gasteiger partial charge < -0.3 is 25.1 Å². The lowest BCUT2D eigenvalue weighted by atomic mass is 9.46. The zero-order valence-electron chi connectivity index (χ0n) is 17.5. The third-order valence-corrected chi connectivity index (χ3v) is 8.99. The minimum atomic E-state index is -5.14. The van der Waals surface area contributed by atoms with Crippen LogP contribution in [0.1, 0.15) is 46.0 Å². The molecule has 4 aliphatic rings. The van der Waals surface area contributed by atoms with Crippen molar-refractivity contribution in [1.29, 1.82) is 0 Å². The number of phosphoric acid groups is 1. The van der Waals surface area contributed by atoms with Crippen LogP contribution in [0.2, 0.25) is 0 Å². The molecule has 0 amide bonds. The molecule has 0 aromatic heterocycles. The molecule has 0 bridgehead atoms. The van der Waals surface area contributed by atoms with E-state index in [2.05, 4.69) is 4.52 Å². The summed E-state index contributed by atoms with van der Waals surface area (Å²) in [5, 5.41) is 32.6. The number of allylic oxidation sites excluding steroid dienone is 4. The molecule has 0 aromatic carbocycles. The molecule has 3 fully saturated rings. The zero-order chi connectivity index (χ0) is 23.0. The summed E-state index contributed by atoms with van der Waals surface area (Å²) >= 11 is 0. The molecule has 5 N–H and O–H groups in total. The molecule has 10 heteroatoms. The Bertz CT molecular complexity index is 922. The number of fused-ring (bicyclic) bond motifs is 5. The molecule has 0 aliphatic heterocycles. The van der Waals surface area contributed by atoms with E-state index in [4.69, 9.17) is 9.79 Å². The number of aliphatic hydroxyl groups is 3. The molecule has 0 radical (unpaired) electrons. The van der Waals surface area contributed by atoms with Crippen molar-refractivity contribution in [2.24, 2.45) is 28.6 Å². The highest BCUT2D eigenvalue weighted by molar-refractivity contribution is 7.46. The summed E-state index contributed by atoms with van der Waals surface area (Å²) in [5.74, 6) is -1.64. The van der Waals surface area contributed by atoms with Gasteiger partial charge in [0.25, 0.3) is 0 Å². The smallest absolute Gasteiger partial charge is 0.393 e. The molecular formula is C21H29O9P. The van der Waals surface area contributed by atoms with Gasteiger partial charge in [-0.05, 0) is 56.1 Å². The van der Waals surface area contributed by atoms with Gasteiger partial charge in [0.05, 0.1) is 6.10 Å². The summed E-state index contributed by atoms with van der Waals surface area (Å²) < 4.78 is 15.2. The lowest BCUT2D eigenvalue weighted by Gasteiger charge is -2.59. The summed E-state index contributed by atoms with van der Waals surface area (Å²) in [6, 6.07) is 0. The summed E-state index contributed by atoms with van der Waals surface area (Å²) in [4.78, 5) is 42.6. The largest absolute Gasteiger partial charge is 0.472 e. The average molecular weight is 456 g/mol. The van der Waals surface area contributed by atoms with Gasteiger partial charge in [0.2, 0.25) is 12.1 Å². The number of carbonyl (C=O) groups is 2. The van der Waals surface area contributed by atoms with Crippen LogP contribution in [0.5, 0.6) is 0 Å². The lowest BCUT2D eigenvalue weighted by molar-refractivity contribution is -0.193. The molecule has 4 rings (SSSR count). The van der Waals surface area contributed by atoms with Crippen molar-refractivity contribution in [2.75, 3.05) is 0 Å². The van der Waals surface area contributed by atoms with Crippen LogP contribution < -0.4 is 0 Å². The van der Waals surface area contributed by atoms with Gasteiger partial charge in [-0.15, -0.1) is 0 Å². The molecule has 0 spiro atoms. The van der Waals surface area contributed by atoms with E-state index in [1.807, 2.05) is 13.0 Å². The topological polar surface area (TPSA) is 162 Å². The third-order valence-electron chi connectivity index (χ3n) is 8.52. The number of hydrogen-bond donors (Lipinski definition) is 5. The Kier molecular flexibility index (Phi) is 5.30. The number of aliphatic hydroxyl groups excluding tert-OH is 2. The van der Waals surface area contributed by atoms with Gasteiger partial charge in [-0.3, -0.25) is 9.59 Å². The van der Waals surface area contributed by atoms with E-state index in [1.54, 1.807) is 13.0 Å². The summed E-state index contributed by atoms with van der Waals surface area (Å²) in [5.41, 5.74) is -2.70. The van der Waals surface area contributed by atoms with Crippen molar-refractivity contribution in [3.63, 3.8) is 0 Å². The quantitative estimate of drug-likeness (QED) is 0.307. The number of rotatable bonds is 4. The number of ketones is 2. The minimum absolute atomic E-state index is 0.00173. The Balaban J connectivity index is 1.67. The molecule has 0 aromatic rings. The van der Waals surface area contributed by atoms with Gasteiger partial charge >= 0.3 is 7.82 Å². The van der Waals surface area contributed by atoms with Gasteiger partial charge in [-0.25, -0.2) is 9.09 Å². The molecule has 8 atom stereocenters. The van der Waals surface area contributed by atoms with E-state index in [0.29, 0.717) is 19.3 Å². The number of Topliss-reactive ketones (excluding diaryl/α,β-unsaturated/α-hetero) is 1. The Hall–Kier alpha value is -1.19. The van der Waals surface area contributed by atoms with Gasteiger partial charge in [-0.1, -0.05) is 25.5 Å². The highest BCUT2D eigenvalue weighted by Crippen LogP contribution is 2.67. The summed E-state index contributed by atoms with van der Waals surface area (Å²) in [7, 11) is -5.14. The van der Waals surface area contributed by atoms with E-state index in [0.717, 1.165) is 5.57 Å². The van der Waals surface area contributed by atoms with Gasteiger partial charge in [0.1, 0.15) is 5.60 Å². The minimum Gasteiger partial charge on any atom is -0.393 e. The second-order valence-corrected chi connectivity index (χ2v) is 11.1. The average Bonchev–Trinajstić information content (AvgIpc) is 2.91. The Labute approximate surface area is 180 Å². The van der Waals surface area contributed by atoms with Crippen LogP contribution in [-0.4, -0.2) is 54.7 Å². The summed E-state index contributed by atoms with van der Waals surface area (Å²) in [6.07, 6.45) is 3.57. The highest BCUT2D eigenvalue weighted by atomic mass is 31.2. The van der Waals surface area contributed by atoms with Crippen molar-refractivity contribution in [2.45, 2.75) is 63.9 Å². The molecule has 172 valence electrons. The SMILES string of the molecule is C[C@]12C=CC(=O)C=C1CC[C@@H]1[C@@H]2[C@@H](O)C[C@@]2(C)[C@H]1CC[C@]2(O)C(=O)C(O)OP(=O)(O)O. The van der Waals surface area contributed by atoms with Crippen molar-refractivity contribution in [1.82, 2.24) is 0 Å². The Morgan fingerprint density at radius 2 is 1.97 bits per heavy atom. The highest BCUT2D eigenvalue weighted by Gasteiger charge is 2.69. The molecule has 1 unspecified atom stereocenters. The third kappa shape index (κ3) is 3.33. The molecule has 31 heavy (non-hydrogen) atoms. The molecular weight excluding hydrogens is 427 g/mol. The van der Waals surface area contributed by atoms with E-state index in [9.17, 15) is 29.5 Å². The van der Waals surface area contributed by atoms with Crippen molar-refractivity contribution in [3.8, 4) is 0 Å². The first-order chi connectivity index (χ1) is 14.2. The molecule has 0 saturated heterocycles. The zero-order valence-corrected chi connectivity index (χ0v) is 18.4. The molecule has 3 saturated carbocycles.